The fraction of sp³-hybridized carbons (Fsp3) is 0.435. The maximum atomic E-state index is 12.6. The average molecular weight is 473 g/mol. The van der Waals surface area contributed by atoms with Crippen LogP contribution in [0.15, 0.2) is 47.4 Å². The van der Waals surface area contributed by atoms with Gasteiger partial charge in [-0.05, 0) is 68.3 Å². The molecule has 9 heteroatoms. The van der Waals surface area contributed by atoms with E-state index in [0.717, 1.165) is 34.8 Å². The lowest BCUT2D eigenvalue weighted by Crippen LogP contribution is -2.24. The molecule has 2 aromatic carbocycles. The summed E-state index contributed by atoms with van der Waals surface area (Å²) in [7, 11) is 0. The first-order valence-corrected chi connectivity index (χ1v) is 11.0. The molecule has 1 unspecified atom stereocenters. The van der Waals surface area contributed by atoms with Crippen LogP contribution >= 0.6 is 11.8 Å². The quantitative estimate of drug-likeness (QED) is 0.386. The Morgan fingerprint density at radius 1 is 1.03 bits per heavy atom. The fourth-order valence-electron chi connectivity index (χ4n) is 2.58. The first-order valence-electron chi connectivity index (χ1n) is 10.0. The summed E-state index contributed by atoms with van der Waals surface area (Å²) in [6.07, 6.45) is -3.31. The minimum atomic E-state index is -4.35. The van der Waals surface area contributed by atoms with Crippen LogP contribution in [0.3, 0.4) is 0 Å². The standard InChI is InChI=1S/C22H27F3O3S.CO2/c1-4-12-27-21-11-10-20(13-16(21)3)29-15-19(26-5-2)14-28-18-8-6-17(7-9-18)22(23,24)25;2-1-3/h6-11,13,19H,4-5,12,14-15H2,1-3H3;. The van der Waals surface area contributed by atoms with Crippen molar-refractivity contribution in [1.29, 1.82) is 0 Å². The Kier molecular flexibility index (Phi) is 12.5. The Morgan fingerprint density at radius 2 is 1.69 bits per heavy atom. The van der Waals surface area contributed by atoms with Crippen molar-refractivity contribution in [2.75, 3.05) is 25.6 Å². The van der Waals surface area contributed by atoms with Crippen molar-refractivity contribution in [2.24, 2.45) is 0 Å². The molecule has 0 aromatic heterocycles. The molecule has 176 valence electrons. The van der Waals surface area contributed by atoms with Crippen molar-refractivity contribution in [3.63, 3.8) is 0 Å². The highest BCUT2D eigenvalue weighted by atomic mass is 32.2. The number of thioether (sulfide) groups is 1. The monoisotopic (exact) mass is 472 g/mol. The van der Waals surface area contributed by atoms with Gasteiger partial charge in [0, 0.05) is 17.3 Å². The molecular formula is C23H27F3O5S. The molecule has 5 nitrogen and oxygen atoms in total. The van der Waals surface area contributed by atoms with Crippen molar-refractivity contribution in [3.8, 4) is 11.5 Å². The van der Waals surface area contributed by atoms with Gasteiger partial charge < -0.3 is 14.2 Å². The summed E-state index contributed by atoms with van der Waals surface area (Å²) < 4.78 is 55.0. The third-order valence-electron chi connectivity index (χ3n) is 4.06. The van der Waals surface area contributed by atoms with E-state index in [4.69, 9.17) is 23.8 Å². The number of carbonyl (C=O) groups excluding carboxylic acids is 2. The number of hydrogen-bond acceptors (Lipinski definition) is 6. The predicted octanol–water partition coefficient (Wildman–Crippen LogP) is 5.80. The van der Waals surface area contributed by atoms with Crippen LogP contribution in [-0.2, 0) is 20.5 Å². The van der Waals surface area contributed by atoms with E-state index < -0.39 is 11.7 Å². The van der Waals surface area contributed by atoms with Gasteiger partial charge in [0.05, 0.1) is 12.2 Å². The van der Waals surface area contributed by atoms with E-state index in [9.17, 15) is 13.2 Å². The van der Waals surface area contributed by atoms with E-state index in [-0.39, 0.29) is 18.9 Å². The van der Waals surface area contributed by atoms with E-state index in [1.807, 2.05) is 26.0 Å². The highest BCUT2D eigenvalue weighted by Gasteiger charge is 2.30. The topological polar surface area (TPSA) is 61.8 Å². The molecule has 0 bridgehead atoms. The van der Waals surface area contributed by atoms with Crippen LogP contribution in [0.1, 0.15) is 31.4 Å². The molecule has 0 saturated heterocycles. The van der Waals surface area contributed by atoms with Crippen molar-refractivity contribution < 1.29 is 37.0 Å². The molecule has 32 heavy (non-hydrogen) atoms. The maximum Gasteiger partial charge on any atom is 0.416 e. The zero-order valence-corrected chi connectivity index (χ0v) is 19.1. The van der Waals surface area contributed by atoms with Gasteiger partial charge in [0.2, 0.25) is 0 Å². The first-order chi connectivity index (χ1) is 15.2. The van der Waals surface area contributed by atoms with Crippen molar-refractivity contribution in [1.82, 2.24) is 0 Å². The molecule has 2 aromatic rings. The lowest BCUT2D eigenvalue weighted by Gasteiger charge is -2.18. The van der Waals surface area contributed by atoms with Crippen molar-refractivity contribution in [2.45, 2.75) is 44.4 Å². The zero-order chi connectivity index (χ0) is 24.0. The summed E-state index contributed by atoms with van der Waals surface area (Å²) in [5, 5.41) is 0. The Labute approximate surface area is 190 Å². The van der Waals surface area contributed by atoms with Gasteiger partial charge in [-0.3, -0.25) is 0 Å². The van der Waals surface area contributed by atoms with E-state index in [1.165, 1.54) is 12.1 Å². The van der Waals surface area contributed by atoms with Crippen LogP contribution in [0, 0.1) is 6.92 Å². The summed E-state index contributed by atoms with van der Waals surface area (Å²) in [6.45, 7) is 7.48. The summed E-state index contributed by atoms with van der Waals surface area (Å²) >= 11 is 1.65. The third kappa shape index (κ3) is 10.2. The first kappa shape index (κ1) is 27.6. The minimum Gasteiger partial charge on any atom is -0.493 e. The molecule has 0 N–H and O–H groups in total. The molecule has 0 heterocycles. The zero-order valence-electron chi connectivity index (χ0n) is 18.2. The Hall–Kier alpha value is -2.48. The molecule has 0 fully saturated rings. The van der Waals surface area contributed by atoms with E-state index in [2.05, 4.69) is 13.0 Å². The van der Waals surface area contributed by atoms with Gasteiger partial charge in [0.1, 0.15) is 24.2 Å². The number of benzene rings is 2. The number of aryl methyl sites for hydroxylation is 1. The minimum absolute atomic E-state index is 0.177. The molecule has 0 radical (unpaired) electrons. The van der Waals surface area contributed by atoms with Gasteiger partial charge in [-0.15, -0.1) is 11.8 Å². The molecule has 0 aliphatic rings. The molecule has 0 amide bonds. The second-order valence-corrected chi connectivity index (χ2v) is 7.67. The van der Waals surface area contributed by atoms with Crippen LogP contribution in [0.2, 0.25) is 0 Å². The lowest BCUT2D eigenvalue weighted by molar-refractivity contribution is -0.191. The van der Waals surface area contributed by atoms with Gasteiger partial charge in [-0.2, -0.15) is 22.8 Å². The number of ether oxygens (including phenoxy) is 3. The SMILES string of the molecule is CCCOc1ccc(SCC(COc2ccc(C(F)(F)F)cc2)OCC)cc1C.O=C=O. The molecule has 1 atom stereocenters. The normalized spacial score (nSPS) is 11.7. The second-order valence-electron chi connectivity index (χ2n) is 6.58. The number of hydrogen-bond donors (Lipinski definition) is 0. The molecule has 0 aliphatic heterocycles. The highest BCUT2D eigenvalue weighted by Crippen LogP contribution is 2.30. The summed E-state index contributed by atoms with van der Waals surface area (Å²) in [5.41, 5.74) is 0.390. The van der Waals surface area contributed by atoms with Crippen LogP contribution < -0.4 is 9.47 Å². The van der Waals surface area contributed by atoms with Gasteiger partial charge in [0.15, 0.2) is 0 Å². The van der Waals surface area contributed by atoms with E-state index in [0.29, 0.717) is 24.7 Å². The van der Waals surface area contributed by atoms with Gasteiger partial charge in [-0.25, -0.2) is 0 Å². The molecule has 0 aliphatic carbocycles. The molecule has 0 spiro atoms. The van der Waals surface area contributed by atoms with Crippen molar-refractivity contribution >= 4 is 17.9 Å². The number of rotatable bonds is 11. The predicted molar refractivity (Wildman–Crippen MR) is 115 cm³/mol. The van der Waals surface area contributed by atoms with E-state index in [1.54, 1.807) is 11.8 Å². The van der Waals surface area contributed by atoms with Gasteiger partial charge in [0.25, 0.3) is 0 Å². The maximum absolute atomic E-state index is 12.6. The Morgan fingerprint density at radius 3 is 2.22 bits per heavy atom. The largest absolute Gasteiger partial charge is 0.493 e. The number of halogens is 3. The highest BCUT2D eigenvalue weighted by molar-refractivity contribution is 7.99. The Balaban J connectivity index is 0.00000161. The fourth-order valence-corrected chi connectivity index (χ4v) is 3.58. The van der Waals surface area contributed by atoms with Crippen LogP contribution in [0.25, 0.3) is 0 Å². The van der Waals surface area contributed by atoms with Crippen LogP contribution in [0.4, 0.5) is 13.2 Å². The lowest BCUT2D eigenvalue weighted by atomic mass is 10.2. The number of alkyl halides is 3. The van der Waals surface area contributed by atoms with Gasteiger partial charge >= 0.3 is 12.3 Å². The second kappa shape index (κ2) is 14.6. The van der Waals surface area contributed by atoms with Crippen LogP contribution in [0.5, 0.6) is 11.5 Å². The molecular weight excluding hydrogens is 445 g/mol. The van der Waals surface area contributed by atoms with E-state index >= 15 is 0 Å². The average Bonchev–Trinajstić information content (AvgIpc) is 2.75. The van der Waals surface area contributed by atoms with Crippen molar-refractivity contribution in [3.05, 3.63) is 53.6 Å². The smallest absolute Gasteiger partial charge is 0.416 e. The summed E-state index contributed by atoms with van der Waals surface area (Å²) in [4.78, 5) is 17.4. The summed E-state index contributed by atoms with van der Waals surface area (Å²) in [5.74, 6) is 1.95. The molecule has 0 saturated carbocycles. The Bertz CT molecular complexity index is 835. The summed E-state index contributed by atoms with van der Waals surface area (Å²) in [6, 6.07) is 10.8. The molecule has 2 rings (SSSR count). The van der Waals surface area contributed by atoms with Gasteiger partial charge in [-0.1, -0.05) is 6.92 Å². The van der Waals surface area contributed by atoms with Crippen LogP contribution in [-0.4, -0.2) is 37.8 Å². The third-order valence-corrected chi connectivity index (χ3v) is 5.19.